The summed E-state index contributed by atoms with van der Waals surface area (Å²) in [4.78, 5) is 0. The molecule has 1 aromatic rings. The summed E-state index contributed by atoms with van der Waals surface area (Å²) in [5.74, 6) is 0.494. The molecule has 1 aromatic carbocycles. The van der Waals surface area contributed by atoms with Crippen LogP contribution in [0.1, 0.15) is 11.1 Å². The minimum Gasteiger partial charge on any atom is -0.398 e. The molecule has 0 saturated carbocycles. The third-order valence-corrected chi connectivity index (χ3v) is 1.73. The molecule has 3 heteroatoms. The molecule has 0 saturated heterocycles. The maximum atomic E-state index is 5.62. The highest BCUT2D eigenvalue weighted by atomic mass is 35.5. The van der Waals surface area contributed by atoms with Gasteiger partial charge in [-0.3, -0.25) is 0 Å². The van der Waals surface area contributed by atoms with Gasteiger partial charge >= 0.3 is 0 Å². The lowest BCUT2D eigenvalue weighted by atomic mass is 10.1. The molecule has 0 aliphatic heterocycles. The minimum absolute atomic E-state index is 0. The van der Waals surface area contributed by atoms with Crippen LogP contribution in [0.5, 0.6) is 0 Å². The Bertz CT molecular complexity index is 236. The van der Waals surface area contributed by atoms with Crippen LogP contribution in [0.25, 0.3) is 0 Å². The Morgan fingerprint density at radius 3 is 2.55 bits per heavy atom. The highest BCUT2D eigenvalue weighted by Gasteiger charge is 1.95. The number of benzene rings is 1. The van der Waals surface area contributed by atoms with Gasteiger partial charge in [0.2, 0.25) is 0 Å². The van der Waals surface area contributed by atoms with Crippen LogP contribution in [-0.2, 0) is 5.88 Å². The zero-order valence-electron chi connectivity index (χ0n) is 6.30. The lowest BCUT2D eigenvalue weighted by Gasteiger charge is -2.01. The summed E-state index contributed by atoms with van der Waals surface area (Å²) in [6.07, 6.45) is 0. The van der Waals surface area contributed by atoms with Gasteiger partial charge in [-0.1, -0.05) is 17.7 Å². The maximum Gasteiger partial charge on any atom is 0.0494 e. The molecule has 0 amide bonds. The van der Waals surface area contributed by atoms with Gasteiger partial charge in [-0.05, 0) is 18.6 Å². The van der Waals surface area contributed by atoms with E-state index in [4.69, 9.17) is 17.3 Å². The number of hydrogen-bond donors (Lipinski definition) is 1. The van der Waals surface area contributed by atoms with E-state index in [2.05, 4.69) is 0 Å². The van der Waals surface area contributed by atoms with Gasteiger partial charge in [0.1, 0.15) is 0 Å². The fourth-order valence-corrected chi connectivity index (χ4v) is 1.08. The number of alkyl halides is 1. The van der Waals surface area contributed by atoms with Crippen molar-refractivity contribution < 1.29 is 0 Å². The monoisotopic (exact) mass is 191 g/mol. The normalized spacial score (nSPS) is 8.91. The molecule has 0 radical (unpaired) electrons. The Hall–Kier alpha value is -0.400. The number of nitrogen functional groups attached to an aromatic ring is 1. The van der Waals surface area contributed by atoms with Crippen LogP contribution >= 0.6 is 24.0 Å². The lowest BCUT2D eigenvalue weighted by Crippen LogP contribution is -1.91. The molecule has 0 atom stereocenters. The standard InChI is InChI=1S/C8H10ClN.ClH/c1-6-2-3-8(10)7(4-6)5-9;/h2-4H,5,10H2,1H3;1H. The first-order valence-corrected chi connectivity index (χ1v) is 3.68. The van der Waals surface area contributed by atoms with Crippen molar-refractivity contribution in [1.29, 1.82) is 0 Å². The van der Waals surface area contributed by atoms with Crippen molar-refractivity contribution in [3.8, 4) is 0 Å². The Kier molecular flexibility index (Phi) is 4.31. The summed E-state index contributed by atoms with van der Waals surface area (Å²) in [7, 11) is 0. The maximum absolute atomic E-state index is 5.62. The Labute approximate surface area is 78.0 Å². The van der Waals surface area contributed by atoms with Crippen LogP contribution in [0.4, 0.5) is 5.69 Å². The first-order chi connectivity index (χ1) is 4.74. The fourth-order valence-electron chi connectivity index (χ4n) is 0.850. The van der Waals surface area contributed by atoms with Crippen LogP contribution in [0.2, 0.25) is 0 Å². The van der Waals surface area contributed by atoms with Gasteiger partial charge in [0.15, 0.2) is 0 Å². The SMILES string of the molecule is Cc1ccc(N)c(CCl)c1.Cl. The molecule has 0 fully saturated rings. The molecule has 0 aliphatic rings. The Balaban J connectivity index is 0.000001000. The highest BCUT2D eigenvalue weighted by Crippen LogP contribution is 2.15. The van der Waals surface area contributed by atoms with E-state index in [0.29, 0.717) is 5.88 Å². The first kappa shape index (κ1) is 10.6. The molecule has 0 heterocycles. The molecule has 0 spiro atoms. The molecule has 1 rings (SSSR count). The summed E-state index contributed by atoms with van der Waals surface area (Å²) in [6.45, 7) is 2.02. The van der Waals surface area contributed by atoms with Crippen LogP contribution in [-0.4, -0.2) is 0 Å². The number of hydrogen-bond acceptors (Lipinski definition) is 1. The summed E-state index contributed by atoms with van der Waals surface area (Å²) < 4.78 is 0. The second kappa shape index (κ2) is 4.47. The second-order valence-electron chi connectivity index (χ2n) is 2.34. The van der Waals surface area contributed by atoms with E-state index in [-0.39, 0.29) is 12.4 Å². The van der Waals surface area contributed by atoms with Gasteiger partial charge in [-0.2, -0.15) is 0 Å². The van der Waals surface area contributed by atoms with E-state index in [1.807, 2.05) is 25.1 Å². The molecule has 1 nitrogen and oxygen atoms in total. The van der Waals surface area contributed by atoms with Crippen molar-refractivity contribution in [2.24, 2.45) is 0 Å². The molecule has 0 unspecified atom stereocenters. The van der Waals surface area contributed by atoms with Gasteiger partial charge in [-0.15, -0.1) is 24.0 Å². The largest absolute Gasteiger partial charge is 0.398 e. The van der Waals surface area contributed by atoms with Crippen molar-refractivity contribution in [3.05, 3.63) is 29.3 Å². The van der Waals surface area contributed by atoms with Gasteiger partial charge in [0.05, 0.1) is 0 Å². The zero-order valence-corrected chi connectivity index (χ0v) is 7.88. The zero-order chi connectivity index (χ0) is 7.56. The predicted octanol–water partition coefficient (Wildman–Crippen LogP) is 2.74. The predicted molar refractivity (Wildman–Crippen MR) is 52.4 cm³/mol. The number of nitrogens with two attached hydrogens (primary N) is 1. The lowest BCUT2D eigenvalue weighted by molar-refractivity contribution is 1.35. The van der Waals surface area contributed by atoms with E-state index in [1.54, 1.807) is 0 Å². The van der Waals surface area contributed by atoms with Crippen LogP contribution in [0, 0.1) is 6.92 Å². The van der Waals surface area contributed by atoms with Crippen molar-refractivity contribution >= 4 is 29.7 Å². The number of anilines is 1. The third-order valence-electron chi connectivity index (χ3n) is 1.44. The Morgan fingerprint density at radius 1 is 1.45 bits per heavy atom. The van der Waals surface area contributed by atoms with Gasteiger partial charge < -0.3 is 5.73 Å². The van der Waals surface area contributed by atoms with Gasteiger partial charge in [0.25, 0.3) is 0 Å². The number of halogens is 2. The van der Waals surface area contributed by atoms with Crippen molar-refractivity contribution in [3.63, 3.8) is 0 Å². The average Bonchev–Trinajstić information content (AvgIpc) is 1.94. The molecular formula is C8H11Cl2N. The van der Waals surface area contributed by atoms with Crippen molar-refractivity contribution in [2.45, 2.75) is 12.8 Å². The third kappa shape index (κ3) is 2.60. The minimum atomic E-state index is 0. The fraction of sp³-hybridized carbons (Fsp3) is 0.250. The molecule has 2 N–H and O–H groups in total. The molecule has 62 valence electrons. The summed E-state index contributed by atoms with van der Waals surface area (Å²) >= 11 is 5.62. The summed E-state index contributed by atoms with van der Waals surface area (Å²) in [6, 6.07) is 5.86. The van der Waals surface area contributed by atoms with E-state index in [0.717, 1.165) is 11.3 Å². The van der Waals surface area contributed by atoms with Crippen LogP contribution in [0.15, 0.2) is 18.2 Å². The topological polar surface area (TPSA) is 26.0 Å². The number of rotatable bonds is 1. The quantitative estimate of drug-likeness (QED) is 0.537. The van der Waals surface area contributed by atoms with E-state index >= 15 is 0 Å². The van der Waals surface area contributed by atoms with Crippen LogP contribution < -0.4 is 5.73 Å². The summed E-state index contributed by atoms with van der Waals surface area (Å²) in [5, 5.41) is 0. The van der Waals surface area contributed by atoms with E-state index in [1.165, 1.54) is 5.56 Å². The van der Waals surface area contributed by atoms with E-state index < -0.39 is 0 Å². The first-order valence-electron chi connectivity index (χ1n) is 3.15. The smallest absolute Gasteiger partial charge is 0.0494 e. The molecule has 11 heavy (non-hydrogen) atoms. The summed E-state index contributed by atoms with van der Waals surface area (Å²) in [5.41, 5.74) is 8.61. The average molecular weight is 192 g/mol. The molecule has 0 aliphatic carbocycles. The van der Waals surface area contributed by atoms with Gasteiger partial charge in [-0.25, -0.2) is 0 Å². The molecule has 0 bridgehead atoms. The van der Waals surface area contributed by atoms with Crippen molar-refractivity contribution in [1.82, 2.24) is 0 Å². The van der Waals surface area contributed by atoms with Crippen molar-refractivity contribution in [2.75, 3.05) is 5.73 Å². The van der Waals surface area contributed by atoms with E-state index in [9.17, 15) is 0 Å². The second-order valence-corrected chi connectivity index (χ2v) is 2.60. The highest BCUT2D eigenvalue weighted by molar-refractivity contribution is 6.17. The Morgan fingerprint density at radius 2 is 2.09 bits per heavy atom. The van der Waals surface area contributed by atoms with Crippen LogP contribution in [0.3, 0.4) is 0 Å². The molecular weight excluding hydrogens is 181 g/mol. The number of aryl methyl sites for hydroxylation is 1. The van der Waals surface area contributed by atoms with Gasteiger partial charge in [0, 0.05) is 11.6 Å². The molecule has 0 aromatic heterocycles.